The fourth-order valence-electron chi connectivity index (χ4n) is 1.74. The molecule has 1 aromatic heterocycles. The van der Waals surface area contributed by atoms with Gasteiger partial charge in [-0.1, -0.05) is 13.8 Å². The van der Waals surface area contributed by atoms with Crippen LogP contribution in [0.15, 0.2) is 5.38 Å². The summed E-state index contributed by atoms with van der Waals surface area (Å²) in [4.78, 5) is 4.33. The Morgan fingerprint density at radius 1 is 1.47 bits per heavy atom. The van der Waals surface area contributed by atoms with Crippen LogP contribution >= 0.6 is 11.3 Å². The third-order valence-electron chi connectivity index (χ3n) is 2.90. The van der Waals surface area contributed by atoms with E-state index in [1.54, 1.807) is 0 Å². The van der Waals surface area contributed by atoms with Gasteiger partial charge in [0.2, 0.25) is 10.0 Å². The molecule has 0 spiro atoms. The molecule has 1 saturated carbocycles. The second kappa shape index (κ2) is 6.19. The first-order valence-corrected chi connectivity index (χ1v) is 9.19. The molecule has 0 unspecified atom stereocenters. The zero-order valence-corrected chi connectivity index (χ0v) is 13.0. The Kier molecular flexibility index (Phi) is 4.81. The van der Waals surface area contributed by atoms with Crippen molar-refractivity contribution in [1.82, 2.24) is 10.3 Å². The highest BCUT2D eigenvalue weighted by Crippen LogP contribution is 2.40. The van der Waals surface area contributed by atoms with E-state index in [-0.39, 0.29) is 5.75 Å². The van der Waals surface area contributed by atoms with Crippen molar-refractivity contribution in [2.24, 2.45) is 0 Å². The minimum Gasteiger partial charge on any atom is -0.314 e. The second-order valence-electron chi connectivity index (χ2n) is 5.24. The largest absolute Gasteiger partial charge is 0.314 e. The van der Waals surface area contributed by atoms with Gasteiger partial charge in [0, 0.05) is 17.3 Å². The number of rotatable bonds is 8. The van der Waals surface area contributed by atoms with E-state index in [0.29, 0.717) is 30.1 Å². The van der Waals surface area contributed by atoms with Gasteiger partial charge in [-0.15, -0.1) is 11.3 Å². The van der Waals surface area contributed by atoms with Crippen LogP contribution in [0.25, 0.3) is 0 Å². The Morgan fingerprint density at radius 2 is 2.21 bits per heavy atom. The minimum atomic E-state index is -3.27. The van der Waals surface area contributed by atoms with Crippen LogP contribution in [0.5, 0.6) is 0 Å². The van der Waals surface area contributed by atoms with E-state index in [1.807, 2.05) is 19.2 Å². The predicted molar refractivity (Wildman–Crippen MR) is 79.3 cm³/mol. The molecule has 0 saturated heterocycles. The number of sulfonamides is 1. The van der Waals surface area contributed by atoms with Crippen molar-refractivity contribution in [2.45, 2.75) is 45.1 Å². The first-order chi connectivity index (χ1) is 8.96. The van der Waals surface area contributed by atoms with Gasteiger partial charge in [-0.05, 0) is 25.8 Å². The average molecular weight is 303 g/mol. The molecule has 7 heteroatoms. The summed E-state index contributed by atoms with van der Waals surface area (Å²) in [6.07, 6.45) is 2.96. The standard InChI is InChI=1S/C12H21N3O2S2/c1-9(2)13-6-3-7-19(16,17)15-12-14-11(8-18-12)10-4-5-10/h8-10,13H,3-7H2,1-2H3,(H,14,15). The van der Waals surface area contributed by atoms with E-state index in [0.717, 1.165) is 5.69 Å². The number of hydrogen-bond acceptors (Lipinski definition) is 5. The van der Waals surface area contributed by atoms with Gasteiger partial charge in [0.15, 0.2) is 5.13 Å². The molecule has 0 radical (unpaired) electrons. The highest BCUT2D eigenvalue weighted by molar-refractivity contribution is 7.92. The zero-order chi connectivity index (χ0) is 13.9. The molecule has 0 bridgehead atoms. The summed E-state index contributed by atoms with van der Waals surface area (Å²) in [6.45, 7) is 4.80. The maximum atomic E-state index is 11.9. The number of hydrogen-bond donors (Lipinski definition) is 2. The molecule has 1 aliphatic rings. The van der Waals surface area contributed by atoms with Crippen molar-refractivity contribution in [1.29, 1.82) is 0 Å². The summed E-state index contributed by atoms with van der Waals surface area (Å²) < 4.78 is 26.3. The van der Waals surface area contributed by atoms with E-state index < -0.39 is 10.0 Å². The number of thiazole rings is 1. The summed E-state index contributed by atoms with van der Waals surface area (Å²) in [5.74, 6) is 0.690. The molecule has 0 amide bonds. The van der Waals surface area contributed by atoms with Crippen molar-refractivity contribution in [3.8, 4) is 0 Å². The third-order valence-corrected chi connectivity index (χ3v) is 5.14. The molecule has 108 valence electrons. The van der Waals surface area contributed by atoms with Crippen LogP contribution in [0.3, 0.4) is 0 Å². The van der Waals surface area contributed by atoms with Gasteiger partial charge in [0.05, 0.1) is 11.4 Å². The van der Waals surface area contributed by atoms with Crippen molar-refractivity contribution >= 4 is 26.5 Å². The molecule has 2 N–H and O–H groups in total. The summed E-state index contributed by atoms with van der Waals surface area (Å²) in [7, 11) is -3.27. The minimum absolute atomic E-state index is 0.130. The Bertz CT molecular complexity index is 507. The van der Waals surface area contributed by atoms with Crippen molar-refractivity contribution in [3.05, 3.63) is 11.1 Å². The van der Waals surface area contributed by atoms with Gasteiger partial charge < -0.3 is 5.32 Å². The maximum absolute atomic E-state index is 11.9. The topological polar surface area (TPSA) is 71.1 Å². The van der Waals surface area contributed by atoms with Crippen LogP contribution in [0, 0.1) is 0 Å². The molecule has 1 heterocycles. The number of anilines is 1. The van der Waals surface area contributed by atoms with Crippen LogP contribution in [0.4, 0.5) is 5.13 Å². The molecule has 1 aromatic rings. The van der Waals surface area contributed by atoms with E-state index in [2.05, 4.69) is 15.0 Å². The quantitative estimate of drug-likeness (QED) is 0.722. The molecule has 2 rings (SSSR count). The zero-order valence-electron chi connectivity index (χ0n) is 11.3. The number of nitrogens with one attached hydrogen (secondary N) is 2. The van der Waals surface area contributed by atoms with Gasteiger partial charge in [-0.25, -0.2) is 13.4 Å². The Balaban J connectivity index is 1.78. The van der Waals surface area contributed by atoms with Crippen molar-refractivity contribution in [3.63, 3.8) is 0 Å². The van der Waals surface area contributed by atoms with Gasteiger partial charge in [-0.2, -0.15) is 0 Å². The first kappa shape index (κ1) is 14.7. The lowest BCUT2D eigenvalue weighted by Crippen LogP contribution is -2.26. The molecule has 5 nitrogen and oxygen atoms in total. The van der Waals surface area contributed by atoms with E-state index in [9.17, 15) is 8.42 Å². The highest BCUT2D eigenvalue weighted by atomic mass is 32.2. The lowest BCUT2D eigenvalue weighted by atomic mass is 10.3. The van der Waals surface area contributed by atoms with Crippen molar-refractivity contribution in [2.75, 3.05) is 17.0 Å². The molecule has 19 heavy (non-hydrogen) atoms. The van der Waals surface area contributed by atoms with Gasteiger partial charge in [0.1, 0.15) is 0 Å². The summed E-state index contributed by atoms with van der Waals surface area (Å²) in [6, 6.07) is 0.385. The summed E-state index contributed by atoms with van der Waals surface area (Å²) in [5, 5.41) is 5.66. The first-order valence-electron chi connectivity index (χ1n) is 6.65. The smallest absolute Gasteiger partial charge is 0.234 e. The molecule has 1 aliphatic carbocycles. The Morgan fingerprint density at radius 3 is 2.84 bits per heavy atom. The normalized spacial score (nSPS) is 15.9. The van der Waals surface area contributed by atoms with Gasteiger partial charge in [-0.3, -0.25) is 4.72 Å². The summed E-state index contributed by atoms with van der Waals surface area (Å²) in [5.41, 5.74) is 1.03. The number of nitrogens with zero attached hydrogens (tertiary/aromatic N) is 1. The number of aromatic nitrogens is 1. The third kappa shape index (κ3) is 5.08. The lowest BCUT2D eigenvalue weighted by Gasteiger charge is -2.08. The maximum Gasteiger partial charge on any atom is 0.234 e. The Labute approximate surface area is 118 Å². The molecule has 0 aliphatic heterocycles. The predicted octanol–water partition coefficient (Wildman–Crippen LogP) is 2.15. The van der Waals surface area contributed by atoms with Crippen LogP contribution in [-0.4, -0.2) is 31.7 Å². The summed E-state index contributed by atoms with van der Waals surface area (Å²) >= 11 is 1.37. The second-order valence-corrected chi connectivity index (χ2v) is 7.94. The molecular weight excluding hydrogens is 282 g/mol. The van der Waals surface area contributed by atoms with E-state index in [1.165, 1.54) is 24.2 Å². The highest BCUT2D eigenvalue weighted by Gasteiger charge is 2.26. The monoisotopic (exact) mass is 303 g/mol. The van der Waals surface area contributed by atoms with Crippen LogP contribution in [-0.2, 0) is 10.0 Å². The van der Waals surface area contributed by atoms with Crippen LogP contribution < -0.4 is 10.0 Å². The van der Waals surface area contributed by atoms with Gasteiger partial charge in [0.25, 0.3) is 0 Å². The molecular formula is C12H21N3O2S2. The lowest BCUT2D eigenvalue weighted by molar-refractivity contribution is 0.571. The fraction of sp³-hybridized carbons (Fsp3) is 0.750. The van der Waals surface area contributed by atoms with Crippen LogP contribution in [0.2, 0.25) is 0 Å². The average Bonchev–Trinajstić information content (AvgIpc) is 3.06. The molecule has 0 atom stereocenters. The fourth-order valence-corrected chi connectivity index (χ4v) is 3.88. The van der Waals surface area contributed by atoms with Crippen molar-refractivity contribution < 1.29 is 8.42 Å². The van der Waals surface area contributed by atoms with Crippen LogP contribution in [0.1, 0.15) is 44.7 Å². The SMILES string of the molecule is CC(C)NCCCS(=O)(=O)Nc1nc(C2CC2)cs1. The van der Waals surface area contributed by atoms with E-state index >= 15 is 0 Å². The van der Waals surface area contributed by atoms with E-state index in [4.69, 9.17) is 0 Å². The molecule has 0 aromatic carbocycles. The Hall–Kier alpha value is -0.660. The van der Waals surface area contributed by atoms with Gasteiger partial charge >= 0.3 is 0 Å². The molecule has 1 fully saturated rings.